The molecule has 2 fully saturated rings. The van der Waals surface area contributed by atoms with E-state index < -0.39 is 0 Å². The number of benzene rings is 1. The first kappa shape index (κ1) is 13.9. The summed E-state index contributed by atoms with van der Waals surface area (Å²) in [5.74, 6) is 0.651. The average molecular weight is 283 g/mol. The van der Waals surface area contributed by atoms with Crippen molar-refractivity contribution >= 4 is 11.6 Å². The standard InChI is InChI=1S/C17H21N3O/c1-19(17(21)14-4-5-14)15-8-10-20(11-9-15)16-6-2-13(12-18)3-7-16/h2-3,6-7,14-15H,4-5,8-11H2,1H3. The van der Waals surface area contributed by atoms with Crippen molar-refractivity contribution in [2.24, 2.45) is 5.92 Å². The molecule has 1 aromatic carbocycles. The smallest absolute Gasteiger partial charge is 0.225 e. The normalized spacial score (nSPS) is 19.1. The molecule has 2 aliphatic rings. The van der Waals surface area contributed by atoms with Crippen molar-refractivity contribution in [1.29, 1.82) is 5.26 Å². The lowest BCUT2D eigenvalue weighted by Crippen LogP contribution is -2.46. The van der Waals surface area contributed by atoms with E-state index in [0.717, 1.165) is 38.8 Å². The highest BCUT2D eigenvalue weighted by atomic mass is 16.2. The topological polar surface area (TPSA) is 47.3 Å². The molecule has 1 aliphatic heterocycles. The van der Waals surface area contributed by atoms with E-state index in [4.69, 9.17) is 5.26 Å². The van der Waals surface area contributed by atoms with Gasteiger partial charge >= 0.3 is 0 Å². The van der Waals surface area contributed by atoms with Crippen LogP contribution in [-0.2, 0) is 4.79 Å². The Kier molecular flexibility index (Phi) is 3.83. The van der Waals surface area contributed by atoms with E-state index in [1.807, 2.05) is 36.2 Å². The van der Waals surface area contributed by atoms with Crippen molar-refractivity contribution in [1.82, 2.24) is 4.90 Å². The summed E-state index contributed by atoms with van der Waals surface area (Å²) in [6, 6.07) is 10.3. The molecule has 0 atom stereocenters. The Labute approximate surface area is 126 Å². The second-order valence-electron chi connectivity index (χ2n) is 6.10. The number of rotatable bonds is 3. The van der Waals surface area contributed by atoms with Gasteiger partial charge in [-0.25, -0.2) is 0 Å². The monoisotopic (exact) mass is 283 g/mol. The molecule has 0 aromatic heterocycles. The number of anilines is 1. The van der Waals surface area contributed by atoms with Crippen LogP contribution in [0.4, 0.5) is 5.69 Å². The third-order valence-corrected chi connectivity index (χ3v) is 4.65. The van der Waals surface area contributed by atoms with Crippen LogP contribution in [-0.4, -0.2) is 37.0 Å². The predicted octanol–water partition coefficient (Wildman–Crippen LogP) is 2.40. The largest absolute Gasteiger partial charge is 0.371 e. The molecule has 1 saturated carbocycles. The molecule has 1 aromatic rings. The van der Waals surface area contributed by atoms with Crippen LogP contribution in [0.15, 0.2) is 24.3 Å². The maximum atomic E-state index is 12.1. The van der Waals surface area contributed by atoms with Crippen LogP contribution in [0.3, 0.4) is 0 Å². The van der Waals surface area contributed by atoms with Gasteiger partial charge in [-0.15, -0.1) is 0 Å². The fourth-order valence-corrected chi connectivity index (χ4v) is 3.06. The minimum Gasteiger partial charge on any atom is -0.371 e. The summed E-state index contributed by atoms with van der Waals surface area (Å²) in [6.07, 6.45) is 4.20. The van der Waals surface area contributed by atoms with E-state index in [1.54, 1.807) is 0 Å². The SMILES string of the molecule is CN(C(=O)C1CC1)C1CCN(c2ccc(C#N)cc2)CC1. The van der Waals surface area contributed by atoms with E-state index in [1.165, 1.54) is 5.69 Å². The zero-order valence-corrected chi connectivity index (χ0v) is 12.5. The number of hydrogen-bond donors (Lipinski definition) is 0. The van der Waals surface area contributed by atoms with Gasteiger partial charge in [-0.3, -0.25) is 4.79 Å². The lowest BCUT2D eigenvalue weighted by Gasteiger charge is -2.38. The van der Waals surface area contributed by atoms with Crippen molar-refractivity contribution in [2.45, 2.75) is 31.7 Å². The molecule has 110 valence electrons. The lowest BCUT2D eigenvalue weighted by molar-refractivity contribution is -0.133. The van der Waals surface area contributed by atoms with Crippen LogP contribution in [0.2, 0.25) is 0 Å². The van der Waals surface area contributed by atoms with Crippen LogP contribution in [0.5, 0.6) is 0 Å². The number of amides is 1. The summed E-state index contributed by atoms with van der Waals surface area (Å²) < 4.78 is 0. The molecule has 0 bridgehead atoms. The molecule has 1 saturated heterocycles. The van der Waals surface area contributed by atoms with Crippen LogP contribution in [0, 0.1) is 17.2 Å². The first-order valence-electron chi connectivity index (χ1n) is 7.71. The van der Waals surface area contributed by atoms with Gasteiger partial charge in [0.25, 0.3) is 0 Å². The molecular formula is C17H21N3O. The zero-order chi connectivity index (χ0) is 14.8. The maximum Gasteiger partial charge on any atom is 0.225 e. The van der Waals surface area contributed by atoms with Crippen LogP contribution >= 0.6 is 0 Å². The van der Waals surface area contributed by atoms with Crippen molar-refractivity contribution in [3.63, 3.8) is 0 Å². The molecule has 0 unspecified atom stereocenters. The molecule has 0 N–H and O–H groups in total. The maximum absolute atomic E-state index is 12.1. The highest BCUT2D eigenvalue weighted by molar-refractivity contribution is 5.81. The summed E-state index contributed by atoms with van der Waals surface area (Å²) >= 11 is 0. The first-order chi connectivity index (χ1) is 10.2. The zero-order valence-electron chi connectivity index (χ0n) is 12.5. The van der Waals surface area contributed by atoms with Gasteiger partial charge in [0, 0.05) is 37.8 Å². The van der Waals surface area contributed by atoms with Gasteiger partial charge in [-0.1, -0.05) is 0 Å². The summed E-state index contributed by atoms with van der Waals surface area (Å²) in [4.78, 5) is 16.4. The summed E-state index contributed by atoms with van der Waals surface area (Å²) in [7, 11) is 1.96. The number of carbonyl (C=O) groups excluding carboxylic acids is 1. The Balaban J connectivity index is 1.56. The second kappa shape index (κ2) is 5.77. The van der Waals surface area contributed by atoms with Gasteiger partial charge in [0.2, 0.25) is 5.91 Å². The lowest BCUT2D eigenvalue weighted by atomic mass is 10.0. The Morgan fingerprint density at radius 2 is 1.81 bits per heavy atom. The number of piperidine rings is 1. The molecule has 4 nitrogen and oxygen atoms in total. The van der Waals surface area contributed by atoms with E-state index in [0.29, 0.717) is 23.4 Å². The molecule has 0 radical (unpaired) electrons. The fraction of sp³-hybridized carbons (Fsp3) is 0.529. The van der Waals surface area contributed by atoms with Gasteiger partial charge in [0.05, 0.1) is 11.6 Å². The minimum atomic E-state index is 0.312. The van der Waals surface area contributed by atoms with Gasteiger partial charge in [0.15, 0.2) is 0 Å². The third kappa shape index (κ3) is 3.02. The van der Waals surface area contributed by atoms with Gasteiger partial charge in [-0.05, 0) is 49.9 Å². The number of nitriles is 1. The Morgan fingerprint density at radius 1 is 1.19 bits per heavy atom. The molecule has 1 aliphatic carbocycles. The Hall–Kier alpha value is -2.02. The second-order valence-corrected chi connectivity index (χ2v) is 6.10. The highest BCUT2D eigenvalue weighted by Gasteiger charge is 2.35. The minimum absolute atomic E-state index is 0.312. The summed E-state index contributed by atoms with van der Waals surface area (Å²) in [5, 5.41) is 8.84. The highest BCUT2D eigenvalue weighted by Crippen LogP contribution is 2.32. The van der Waals surface area contributed by atoms with E-state index in [2.05, 4.69) is 11.0 Å². The number of hydrogen-bond acceptors (Lipinski definition) is 3. The van der Waals surface area contributed by atoms with Crippen LogP contribution < -0.4 is 4.90 Å². The van der Waals surface area contributed by atoms with Crippen molar-refractivity contribution in [2.75, 3.05) is 25.0 Å². The Bertz CT molecular complexity index is 548. The predicted molar refractivity (Wildman–Crippen MR) is 81.9 cm³/mol. The molecule has 21 heavy (non-hydrogen) atoms. The van der Waals surface area contributed by atoms with Gasteiger partial charge in [0.1, 0.15) is 0 Å². The summed E-state index contributed by atoms with van der Waals surface area (Å²) in [5.41, 5.74) is 1.87. The molecule has 1 amide bonds. The van der Waals surface area contributed by atoms with Crippen molar-refractivity contribution in [3.05, 3.63) is 29.8 Å². The molecule has 0 spiro atoms. The van der Waals surface area contributed by atoms with Gasteiger partial charge in [-0.2, -0.15) is 5.26 Å². The van der Waals surface area contributed by atoms with E-state index in [-0.39, 0.29) is 0 Å². The van der Waals surface area contributed by atoms with Crippen molar-refractivity contribution < 1.29 is 4.79 Å². The van der Waals surface area contributed by atoms with E-state index in [9.17, 15) is 4.79 Å². The number of carbonyl (C=O) groups is 1. The molecule has 3 rings (SSSR count). The van der Waals surface area contributed by atoms with Crippen molar-refractivity contribution in [3.8, 4) is 6.07 Å². The molecule has 4 heteroatoms. The third-order valence-electron chi connectivity index (χ3n) is 4.65. The quantitative estimate of drug-likeness (QED) is 0.855. The van der Waals surface area contributed by atoms with Crippen LogP contribution in [0.25, 0.3) is 0 Å². The average Bonchev–Trinajstić information content (AvgIpc) is 3.39. The van der Waals surface area contributed by atoms with Gasteiger partial charge < -0.3 is 9.80 Å². The fourth-order valence-electron chi connectivity index (χ4n) is 3.06. The van der Waals surface area contributed by atoms with E-state index >= 15 is 0 Å². The number of nitrogens with zero attached hydrogens (tertiary/aromatic N) is 3. The molecule has 1 heterocycles. The Morgan fingerprint density at radius 3 is 2.33 bits per heavy atom. The first-order valence-corrected chi connectivity index (χ1v) is 7.71. The summed E-state index contributed by atoms with van der Waals surface area (Å²) in [6.45, 7) is 1.94. The molecular weight excluding hydrogens is 262 g/mol. The van der Waals surface area contributed by atoms with Crippen LogP contribution in [0.1, 0.15) is 31.2 Å².